The molecule has 0 heterocycles. The van der Waals surface area contributed by atoms with Crippen LogP contribution in [0.4, 0.5) is 0 Å². The highest BCUT2D eigenvalue weighted by Crippen LogP contribution is 2.16. The Balaban J connectivity index is 4.49. The van der Waals surface area contributed by atoms with E-state index in [2.05, 4.69) is 10.5 Å². The van der Waals surface area contributed by atoms with E-state index in [1.807, 2.05) is 13.8 Å². The van der Waals surface area contributed by atoms with Crippen LogP contribution in [0, 0.1) is 5.41 Å². The summed E-state index contributed by atoms with van der Waals surface area (Å²) in [6, 6.07) is 0. The second kappa shape index (κ2) is 5.16. The van der Waals surface area contributed by atoms with E-state index in [1.165, 1.54) is 0 Å². The average molecular weight is 231 g/mol. The lowest BCUT2D eigenvalue weighted by atomic mass is 9.90. The number of nitrogens with one attached hydrogen (secondary N) is 1. The van der Waals surface area contributed by atoms with Gasteiger partial charge in [0.05, 0.1) is 5.60 Å². The van der Waals surface area contributed by atoms with Gasteiger partial charge in [0.25, 0.3) is 0 Å². The molecule has 0 rings (SSSR count). The van der Waals surface area contributed by atoms with Gasteiger partial charge in [0, 0.05) is 13.7 Å². The Morgan fingerprint density at radius 3 is 2.31 bits per heavy atom. The molecule has 0 aliphatic rings. The van der Waals surface area contributed by atoms with Gasteiger partial charge in [-0.15, -0.1) is 0 Å². The zero-order chi connectivity index (χ0) is 13.0. The Morgan fingerprint density at radius 1 is 1.44 bits per heavy atom. The normalized spacial score (nSPS) is 13.7. The van der Waals surface area contributed by atoms with Crippen molar-refractivity contribution in [3.8, 4) is 0 Å². The van der Waals surface area contributed by atoms with Crippen LogP contribution in [0.3, 0.4) is 0 Å². The molecule has 4 N–H and O–H groups in total. The lowest BCUT2D eigenvalue weighted by molar-refractivity contribution is -0.127. The molecule has 0 aliphatic carbocycles. The molecule has 0 spiro atoms. The number of nitrogens with zero attached hydrogens (tertiary/aromatic N) is 1. The summed E-state index contributed by atoms with van der Waals surface area (Å²) in [4.78, 5) is 11.8. The Kier molecular flexibility index (Phi) is 4.74. The van der Waals surface area contributed by atoms with Crippen LogP contribution in [0.5, 0.6) is 0 Å². The first kappa shape index (κ1) is 14.7. The van der Waals surface area contributed by atoms with Crippen molar-refractivity contribution < 1.29 is 14.7 Å². The van der Waals surface area contributed by atoms with Gasteiger partial charge >= 0.3 is 0 Å². The van der Waals surface area contributed by atoms with Gasteiger partial charge in [-0.3, -0.25) is 4.79 Å². The van der Waals surface area contributed by atoms with E-state index in [4.69, 9.17) is 15.7 Å². The Labute approximate surface area is 95.8 Å². The minimum atomic E-state index is -1.04. The zero-order valence-corrected chi connectivity index (χ0v) is 10.5. The molecule has 1 amide bonds. The second-order valence-corrected chi connectivity index (χ2v) is 4.76. The van der Waals surface area contributed by atoms with Crippen LogP contribution in [0.2, 0.25) is 0 Å². The predicted octanol–water partition coefficient (Wildman–Crippen LogP) is 0.300. The molecule has 0 bridgehead atoms. The summed E-state index contributed by atoms with van der Waals surface area (Å²) in [6.45, 7) is 7.21. The van der Waals surface area contributed by atoms with E-state index in [1.54, 1.807) is 21.0 Å². The van der Waals surface area contributed by atoms with Gasteiger partial charge in [0.2, 0.25) is 5.91 Å². The molecular weight excluding hydrogens is 210 g/mol. The standard InChI is InChI=1S/C10H21N3O3/c1-9(2,16-5)6-12-8(14)10(3,4)7(11)13-15/h15H,6H2,1-5H3,(H2,11,13)(H,12,14). The maximum atomic E-state index is 11.8. The van der Waals surface area contributed by atoms with Gasteiger partial charge in [-0.05, 0) is 27.7 Å². The van der Waals surface area contributed by atoms with E-state index >= 15 is 0 Å². The van der Waals surface area contributed by atoms with E-state index < -0.39 is 11.0 Å². The maximum absolute atomic E-state index is 11.8. The molecule has 0 aliphatic heterocycles. The first-order valence-electron chi connectivity index (χ1n) is 4.99. The maximum Gasteiger partial charge on any atom is 0.233 e. The van der Waals surface area contributed by atoms with Crippen LogP contribution in [-0.4, -0.2) is 36.2 Å². The highest BCUT2D eigenvalue weighted by molar-refractivity contribution is 6.05. The van der Waals surface area contributed by atoms with Crippen molar-refractivity contribution in [1.29, 1.82) is 0 Å². The molecule has 6 heteroatoms. The summed E-state index contributed by atoms with van der Waals surface area (Å²) in [5.41, 5.74) is 3.94. The first-order chi connectivity index (χ1) is 7.17. The molecule has 0 aromatic rings. The van der Waals surface area contributed by atoms with Crippen molar-refractivity contribution in [1.82, 2.24) is 5.32 Å². The summed E-state index contributed by atoms with van der Waals surface area (Å²) in [5.74, 6) is -0.437. The third kappa shape index (κ3) is 3.69. The molecule has 6 nitrogen and oxygen atoms in total. The lowest BCUT2D eigenvalue weighted by Crippen LogP contribution is -2.49. The smallest absolute Gasteiger partial charge is 0.233 e. The molecule has 0 aromatic heterocycles. The Bertz CT molecular complexity index is 285. The zero-order valence-electron chi connectivity index (χ0n) is 10.5. The molecule has 0 radical (unpaired) electrons. The number of carbonyl (C=O) groups is 1. The number of methoxy groups -OCH3 is 1. The minimum Gasteiger partial charge on any atom is -0.409 e. The Morgan fingerprint density at radius 2 is 1.94 bits per heavy atom. The summed E-state index contributed by atoms with van der Waals surface area (Å²) < 4.78 is 5.16. The summed E-state index contributed by atoms with van der Waals surface area (Å²) >= 11 is 0. The summed E-state index contributed by atoms with van der Waals surface area (Å²) in [5, 5.41) is 14.1. The lowest BCUT2D eigenvalue weighted by Gasteiger charge is -2.27. The third-order valence-electron chi connectivity index (χ3n) is 2.54. The monoisotopic (exact) mass is 231 g/mol. The number of hydrogen-bond donors (Lipinski definition) is 3. The highest BCUT2D eigenvalue weighted by atomic mass is 16.5. The topological polar surface area (TPSA) is 96.9 Å². The van der Waals surface area contributed by atoms with Gasteiger partial charge in [0.15, 0.2) is 5.84 Å². The number of amidine groups is 1. The van der Waals surface area contributed by atoms with Crippen LogP contribution >= 0.6 is 0 Å². The molecule has 16 heavy (non-hydrogen) atoms. The number of hydrogen-bond acceptors (Lipinski definition) is 4. The molecule has 0 fully saturated rings. The van der Waals surface area contributed by atoms with Crippen molar-refractivity contribution >= 4 is 11.7 Å². The number of carbonyl (C=O) groups excluding carboxylic acids is 1. The van der Waals surface area contributed by atoms with Crippen LogP contribution in [-0.2, 0) is 9.53 Å². The van der Waals surface area contributed by atoms with Gasteiger partial charge in [-0.1, -0.05) is 5.16 Å². The minimum absolute atomic E-state index is 0.125. The first-order valence-corrected chi connectivity index (χ1v) is 4.99. The molecule has 0 atom stereocenters. The van der Waals surface area contributed by atoms with Crippen molar-refractivity contribution in [2.24, 2.45) is 16.3 Å². The van der Waals surface area contributed by atoms with Gasteiger partial charge in [0.1, 0.15) is 5.41 Å². The van der Waals surface area contributed by atoms with Crippen molar-refractivity contribution in [2.75, 3.05) is 13.7 Å². The quantitative estimate of drug-likeness (QED) is 0.274. The number of nitrogens with two attached hydrogens (primary N) is 1. The molecule has 0 saturated carbocycles. The van der Waals surface area contributed by atoms with E-state index in [0.29, 0.717) is 6.54 Å². The van der Waals surface area contributed by atoms with Crippen LogP contribution in [0.25, 0.3) is 0 Å². The van der Waals surface area contributed by atoms with E-state index in [9.17, 15) is 4.79 Å². The third-order valence-corrected chi connectivity index (χ3v) is 2.54. The molecule has 0 unspecified atom stereocenters. The fourth-order valence-electron chi connectivity index (χ4n) is 0.828. The van der Waals surface area contributed by atoms with Crippen LogP contribution in [0.1, 0.15) is 27.7 Å². The van der Waals surface area contributed by atoms with Gasteiger partial charge in [-0.25, -0.2) is 0 Å². The van der Waals surface area contributed by atoms with Crippen molar-refractivity contribution in [3.05, 3.63) is 0 Å². The average Bonchev–Trinajstić information content (AvgIpc) is 2.24. The number of ether oxygens (including phenoxy) is 1. The number of amides is 1. The van der Waals surface area contributed by atoms with Gasteiger partial charge < -0.3 is 21.0 Å². The van der Waals surface area contributed by atoms with Crippen LogP contribution in [0.15, 0.2) is 5.16 Å². The van der Waals surface area contributed by atoms with Crippen LogP contribution < -0.4 is 11.1 Å². The molecule has 0 saturated heterocycles. The summed E-state index contributed by atoms with van der Waals surface area (Å²) in [7, 11) is 1.57. The molecule has 0 aromatic carbocycles. The fourth-order valence-corrected chi connectivity index (χ4v) is 0.828. The van der Waals surface area contributed by atoms with Crippen molar-refractivity contribution in [3.63, 3.8) is 0 Å². The van der Waals surface area contributed by atoms with Crippen molar-refractivity contribution in [2.45, 2.75) is 33.3 Å². The largest absolute Gasteiger partial charge is 0.409 e. The van der Waals surface area contributed by atoms with Gasteiger partial charge in [-0.2, -0.15) is 0 Å². The van der Waals surface area contributed by atoms with E-state index in [0.717, 1.165) is 0 Å². The Hall–Kier alpha value is -1.30. The number of oxime groups is 1. The summed E-state index contributed by atoms with van der Waals surface area (Å²) in [6.07, 6.45) is 0. The number of rotatable bonds is 5. The second-order valence-electron chi connectivity index (χ2n) is 4.76. The highest BCUT2D eigenvalue weighted by Gasteiger charge is 2.33. The SMILES string of the molecule is COC(C)(C)CNC(=O)C(C)(C)C(N)=NO. The van der Waals surface area contributed by atoms with E-state index in [-0.39, 0.29) is 11.7 Å². The fraction of sp³-hybridized carbons (Fsp3) is 0.800. The molecular formula is C10H21N3O3. The predicted molar refractivity (Wildman–Crippen MR) is 61.3 cm³/mol. The molecule has 94 valence electrons.